The normalized spacial score (nSPS) is 13.3. The van der Waals surface area contributed by atoms with Gasteiger partial charge in [0.2, 0.25) is 0 Å². The molecule has 4 nitrogen and oxygen atoms in total. The highest BCUT2D eigenvalue weighted by Gasteiger charge is 2.35. The molecule has 0 spiro atoms. The number of hydrogen-bond donors (Lipinski definition) is 3. The highest BCUT2D eigenvalue weighted by molar-refractivity contribution is 7.99. The second-order valence-electron chi connectivity index (χ2n) is 3.66. The molecule has 19 heavy (non-hydrogen) atoms. The van der Waals surface area contributed by atoms with Crippen molar-refractivity contribution < 1.29 is 33.3 Å². The van der Waals surface area contributed by atoms with Crippen LogP contribution in [0.1, 0.15) is 15.9 Å². The maximum absolute atomic E-state index is 12.6. The van der Waals surface area contributed by atoms with Gasteiger partial charge in [0.25, 0.3) is 0 Å². The number of alkyl halides is 3. The Labute approximate surface area is 110 Å². The minimum atomic E-state index is -4.73. The van der Waals surface area contributed by atoms with Crippen LogP contribution in [0.3, 0.4) is 0 Å². The number of carboxylic acid groups (broad SMARTS) is 1. The summed E-state index contributed by atoms with van der Waals surface area (Å²) in [6.07, 6.45) is -5.75. The van der Waals surface area contributed by atoms with E-state index >= 15 is 0 Å². The summed E-state index contributed by atoms with van der Waals surface area (Å²) < 4.78 is 37.7. The first kappa shape index (κ1) is 15.8. The molecule has 0 heterocycles. The molecule has 1 aromatic carbocycles. The molecule has 0 amide bonds. The van der Waals surface area contributed by atoms with E-state index in [1.54, 1.807) is 0 Å². The molecule has 0 aromatic heterocycles. The Morgan fingerprint density at radius 1 is 1.37 bits per heavy atom. The predicted molar refractivity (Wildman–Crippen MR) is 62.2 cm³/mol. The van der Waals surface area contributed by atoms with Crippen molar-refractivity contribution in [2.45, 2.75) is 17.2 Å². The molecular weight excluding hydrogens is 285 g/mol. The molecule has 1 aromatic rings. The molecule has 1 unspecified atom stereocenters. The minimum absolute atomic E-state index is 0.0565. The fraction of sp³-hybridized carbons (Fsp3) is 0.364. The summed E-state index contributed by atoms with van der Waals surface area (Å²) in [7, 11) is 0. The van der Waals surface area contributed by atoms with Crippen molar-refractivity contribution in [1.82, 2.24) is 0 Å². The molecule has 106 valence electrons. The average Bonchev–Trinajstić information content (AvgIpc) is 2.34. The number of aliphatic hydroxyl groups is 2. The molecule has 0 aliphatic carbocycles. The van der Waals surface area contributed by atoms with Crippen LogP contribution in [0.2, 0.25) is 0 Å². The number of carbonyl (C=O) groups is 1. The summed E-state index contributed by atoms with van der Waals surface area (Å²) in [6, 6.07) is 2.72. The van der Waals surface area contributed by atoms with Crippen LogP contribution in [-0.2, 0) is 6.18 Å². The van der Waals surface area contributed by atoms with Crippen molar-refractivity contribution in [2.75, 3.05) is 12.4 Å². The summed E-state index contributed by atoms with van der Waals surface area (Å²) in [5.41, 5.74) is -2.05. The molecule has 3 N–H and O–H groups in total. The van der Waals surface area contributed by atoms with Gasteiger partial charge in [0, 0.05) is 10.6 Å². The summed E-state index contributed by atoms with van der Waals surface area (Å²) in [5.74, 6) is -1.61. The van der Waals surface area contributed by atoms with E-state index in [1.807, 2.05) is 0 Å². The zero-order valence-corrected chi connectivity index (χ0v) is 10.3. The zero-order chi connectivity index (χ0) is 14.6. The Hall–Kier alpha value is -1.25. The Balaban J connectivity index is 3.00. The van der Waals surface area contributed by atoms with E-state index in [-0.39, 0.29) is 10.6 Å². The predicted octanol–water partition coefficient (Wildman–Crippen LogP) is 1.85. The van der Waals surface area contributed by atoms with Crippen molar-refractivity contribution in [2.24, 2.45) is 0 Å². The van der Waals surface area contributed by atoms with Crippen LogP contribution < -0.4 is 0 Å². The van der Waals surface area contributed by atoms with Gasteiger partial charge in [-0.05, 0) is 18.2 Å². The molecule has 1 rings (SSSR count). The third kappa shape index (κ3) is 4.41. The SMILES string of the molecule is O=C(O)c1cc(SCC(O)CO)ccc1C(F)(F)F. The van der Waals surface area contributed by atoms with Crippen molar-refractivity contribution >= 4 is 17.7 Å². The van der Waals surface area contributed by atoms with Gasteiger partial charge < -0.3 is 15.3 Å². The van der Waals surface area contributed by atoms with Crippen LogP contribution in [0.5, 0.6) is 0 Å². The van der Waals surface area contributed by atoms with Gasteiger partial charge in [0.1, 0.15) is 0 Å². The van der Waals surface area contributed by atoms with Gasteiger partial charge in [-0.3, -0.25) is 0 Å². The van der Waals surface area contributed by atoms with Crippen molar-refractivity contribution in [1.29, 1.82) is 0 Å². The van der Waals surface area contributed by atoms with Crippen LogP contribution in [0, 0.1) is 0 Å². The molecule has 0 bridgehead atoms. The first-order chi connectivity index (χ1) is 8.75. The van der Waals surface area contributed by atoms with Crippen LogP contribution >= 0.6 is 11.8 Å². The third-order valence-electron chi connectivity index (χ3n) is 2.18. The number of aliphatic hydroxyl groups excluding tert-OH is 2. The number of halogens is 3. The lowest BCUT2D eigenvalue weighted by atomic mass is 10.1. The highest BCUT2D eigenvalue weighted by Crippen LogP contribution is 2.34. The third-order valence-corrected chi connectivity index (χ3v) is 3.32. The van der Waals surface area contributed by atoms with Crippen LogP contribution in [-0.4, -0.2) is 39.8 Å². The first-order valence-electron chi connectivity index (χ1n) is 5.12. The van der Waals surface area contributed by atoms with E-state index in [0.29, 0.717) is 6.07 Å². The van der Waals surface area contributed by atoms with E-state index in [2.05, 4.69) is 0 Å². The van der Waals surface area contributed by atoms with E-state index in [0.717, 1.165) is 23.9 Å². The quantitative estimate of drug-likeness (QED) is 0.723. The Morgan fingerprint density at radius 2 is 2.00 bits per heavy atom. The number of carboxylic acids is 1. The lowest BCUT2D eigenvalue weighted by Gasteiger charge is -2.12. The monoisotopic (exact) mass is 296 g/mol. The standard InChI is InChI=1S/C11H11F3O4S/c12-11(13,14)9-2-1-7(3-8(9)10(17)18)19-5-6(16)4-15/h1-3,6,15-16H,4-5H2,(H,17,18). The minimum Gasteiger partial charge on any atom is -0.478 e. The largest absolute Gasteiger partial charge is 0.478 e. The van der Waals surface area contributed by atoms with Crippen LogP contribution in [0.15, 0.2) is 23.1 Å². The molecule has 8 heteroatoms. The molecule has 0 saturated heterocycles. The van der Waals surface area contributed by atoms with Crippen LogP contribution in [0.25, 0.3) is 0 Å². The molecule has 1 atom stereocenters. The number of thioether (sulfide) groups is 1. The number of rotatable bonds is 5. The smallest absolute Gasteiger partial charge is 0.417 e. The zero-order valence-electron chi connectivity index (χ0n) is 9.52. The van der Waals surface area contributed by atoms with Crippen molar-refractivity contribution in [3.63, 3.8) is 0 Å². The van der Waals surface area contributed by atoms with E-state index in [9.17, 15) is 18.0 Å². The van der Waals surface area contributed by atoms with Crippen LogP contribution in [0.4, 0.5) is 13.2 Å². The van der Waals surface area contributed by atoms with Gasteiger partial charge in [-0.15, -0.1) is 11.8 Å². The number of aromatic carboxylic acids is 1. The fourth-order valence-electron chi connectivity index (χ4n) is 1.28. The van der Waals surface area contributed by atoms with Gasteiger partial charge in [0.15, 0.2) is 0 Å². The second kappa shape index (κ2) is 6.27. The van der Waals surface area contributed by atoms with E-state index in [1.165, 1.54) is 0 Å². The van der Waals surface area contributed by atoms with Crippen molar-refractivity contribution in [3.05, 3.63) is 29.3 Å². The maximum Gasteiger partial charge on any atom is 0.417 e. The highest BCUT2D eigenvalue weighted by atomic mass is 32.2. The Kier molecular flexibility index (Phi) is 5.21. The summed E-state index contributed by atoms with van der Waals surface area (Å²) in [5, 5.41) is 26.5. The fourth-order valence-corrected chi connectivity index (χ4v) is 2.14. The lowest BCUT2D eigenvalue weighted by molar-refractivity contribution is -0.138. The van der Waals surface area contributed by atoms with Gasteiger partial charge in [-0.25, -0.2) is 4.79 Å². The van der Waals surface area contributed by atoms with Gasteiger partial charge >= 0.3 is 12.1 Å². The van der Waals surface area contributed by atoms with E-state index < -0.39 is 36.0 Å². The average molecular weight is 296 g/mol. The molecule has 0 radical (unpaired) electrons. The second-order valence-corrected chi connectivity index (χ2v) is 4.75. The summed E-state index contributed by atoms with van der Waals surface area (Å²) in [4.78, 5) is 11.1. The summed E-state index contributed by atoms with van der Waals surface area (Å²) in [6.45, 7) is -0.473. The van der Waals surface area contributed by atoms with E-state index in [4.69, 9.17) is 15.3 Å². The topological polar surface area (TPSA) is 77.8 Å². The van der Waals surface area contributed by atoms with Gasteiger partial charge in [-0.2, -0.15) is 13.2 Å². The molecule has 0 saturated carbocycles. The van der Waals surface area contributed by atoms with Crippen molar-refractivity contribution in [3.8, 4) is 0 Å². The molecule has 0 fully saturated rings. The van der Waals surface area contributed by atoms with Gasteiger partial charge in [-0.1, -0.05) is 0 Å². The number of benzene rings is 1. The summed E-state index contributed by atoms with van der Waals surface area (Å²) >= 11 is 0.963. The van der Waals surface area contributed by atoms with Gasteiger partial charge in [0.05, 0.1) is 23.8 Å². The molecule has 0 aliphatic rings. The molecular formula is C11H11F3O4S. The molecule has 0 aliphatic heterocycles. The maximum atomic E-state index is 12.6. The number of hydrogen-bond acceptors (Lipinski definition) is 4. The Bertz CT molecular complexity index is 462. The Morgan fingerprint density at radius 3 is 2.47 bits per heavy atom. The lowest BCUT2D eigenvalue weighted by Crippen LogP contribution is -2.15. The first-order valence-corrected chi connectivity index (χ1v) is 6.10.